The number of likely N-dealkylation sites (N-methyl/N-ethyl adjacent to an activating group) is 1. The van der Waals surface area contributed by atoms with E-state index in [9.17, 15) is 4.79 Å². The van der Waals surface area contributed by atoms with Gasteiger partial charge in [0.2, 0.25) is 0 Å². The molecule has 1 saturated heterocycles. The fourth-order valence-electron chi connectivity index (χ4n) is 2.75. The molecule has 3 rings (SSSR count). The third-order valence-electron chi connectivity index (χ3n) is 4.12. The summed E-state index contributed by atoms with van der Waals surface area (Å²) < 4.78 is 0. The van der Waals surface area contributed by atoms with Crippen molar-refractivity contribution in [1.82, 2.24) is 19.8 Å². The summed E-state index contributed by atoms with van der Waals surface area (Å²) in [5, 5.41) is 0. The van der Waals surface area contributed by atoms with Crippen LogP contribution in [0.1, 0.15) is 22.8 Å². The lowest BCUT2D eigenvalue weighted by Crippen LogP contribution is -2.60. The van der Waals surface area contributed by atoms with Crippen LogP contribution in [-0.4, -0.2) is 51.4 Å². The molecule has 0 atom stereocenters. The van der Waals surface area contributed by atoms with Crippen molar-refractivity contribution in [3.8, 4) is 0 Å². The average Bonchev–Trinajstić information content (AvgIpc) is 2.54. The van der Waals surface area contributed by atoms with Gasteiger partial charge in [-0.25, -0.2) is 0 Å². The van der Waals surface area contributed by atoms with Crippen LogP contribution in [-0.2, 0) is 6.54 Å². The SMILES string of the molecule is CCN(Cc1ccncc1)C1CN(C(=O)c2cccnc2)C1. The van der Waals surface area contributed by atoms with Gasteiger partial charge in [-0.05, 0) is 36.4 Å². The van der Waals surface area contributed by atoms with Gasteiger partial charge >= 0.3 is 0 Å². The molecule has 22 heavy (non-hydrogen) atoms. The first-order valence-electron chi connectivity index (χ1n) is 7.60. The maximum atomic E-state index is 12.3. The molecule has 1 aliphatic heterocycles. The van der Waals surface area contributed by atoms with Crippen molar-refractivity contribution < 1.29 is 4.79 Å². The zero-order valence-corrected chi connectivity index (χ0v) is 12.7. The third-order valence-corrected chi connectivity index (χ3v) is 4.12. The molecule has 3 heterocycles. The van der Waals surface area contributed by atoms with Gasteiger partial charge in [-0.2, -0.15) is 0 Å². The Morgan fingerprint density at radius 1 is 1.23 bits per heavy atom. The average molecular weight is 296 g/mol. The fraction of sp³-hybridized carbons (Fsp3) is 0.353. The summed E-state index contributed by atoms with van der Waals surface area (Å²) >= 11 is 0. The molecule has 1 fully saturated rings. The molecule has 5 heteroatoms. The summed E-state index contributed by atoms with van der Waals surface area (Å²) in [6.07, 6.45) is 6.96. The van der Waals surface area contributed by atoms with Crippen molar-refractivity contribution in [3.05, 3.63) is 60.2 Å². The number of likely N-dealkylation sites (tertiary alicyclic amines) is 1. The molecular weight excluding hydrogens is 276 g/mol. The van der Waals surface area contributed by atoms with Crippen LogP contribution in [0.2, 0.25) is 0 Å². The second-order valence-corrected chi connectivity index (χ2v) is 5.52. The van der Waals surface area contributed by atoms with Crippen LogP contribution in [0.15, 0.2) is 49.1 Å². The smallest absolute Gasteiger partial charge is 0.255 e. The first-order valence-corrected chi connectivity index (χ1v) is 7.60. The van der Waals surface area contributed by atoms with Gasteiger partial charge in [-0.3, -0.25) is 19.7 Å². The van der Waals surface area contributed by atoms with E-state index in [4.69, 9.17) is 0 Å². The number of aromatic nitrogens is 2. The third kappa shape index (κ3) is 3.14. The largest absolute Gasteiger partial charge is 0.335 e. The zero-order chi connectivity index (χ0) is 15.4. The molecule has 0 unspecified atom stereocenters. The molecule has 0 saturated carbocycles. The molecule has 5 nitrogen and oxygen atoms in total. The minimum atomic E-state index is 0.0734. The molecule has 0 aliphatic carbocycles. The zero-order valence-electron chi connectivity index (χ0n) is 12.7. The molecule has 2 aromatic rings. The summed E-state index contributed by atoms with van der Waals surface area (Å²) in [5.74, 6) is 0.0734. The predicted molar refractivity (Wildman–Crippen MR) is 84.2 cm³/mol. The highest BCUT2D eigenvalue weighted by molar-refractivity contribution is 5.94. The van der Waals surface area contributed by atoms with Gasteiger partial charge in [0, 0.05) is 50.5 Å². The standard InChI is InChI=1S/C17H20N4O/c1-2-20(11-14-5-8-18-9-6-14)16-12-21(13-16)17(22)15-4-3-7-19-10-15/h3-10,16H,2,11-13H2,1H3. The molecule has 0 bridgehead atoms. The van der Waals surface area contributed by atoms with E-state index in [0.717, 1.165) is 26.2 Å². The van der Waals surface area contributed by atoms with Crippen molar-refractivity contribution in [3.63, 3.8) is 0 Å². The van der Waals surface area contributed by atoms with Crippen LogP contribution in [0.5, 0.6) is 0 Å². The number of carbonyl (C=O) groups excluding carboxylic acids is 1. The predicted octanol–water partition coefficient (Wildman–Crippen LogP) is 1.82. The summed E-state index contributed by atoms with van der Waals surface area (Å²) in [6.45, 7) is 5.60. The second kappa shape index (κ2) is 6.66. The minimum absolute atomic E-state index is 0.0734. The number of pyridine rings is 2. The Morgan fingerprint density at radius 3 is 2.64 bits per heavy atom. The van der Waals surface area contributed by atoms with E-state index in [1.807, 2.05) is 35.5 Å². The highest BCUT2D eigenvalue weighted by Gasteiger charge is 2.34. The summed E-state index contributed by atoms with van der Waals surface area (Å²) in [6, 6.07) is 8.13. The molecular formula is C17H20N4O. The summed E-state index contributed by atoms with van der Waals surface area (Å²) in [4.78, 5) is 24.6. The Labute approximate surface area is 130 Å². The van der Waals surface area contributed by atoms with Gasteiger partial charge in [-0.15, -0.1) is 0 Å². The van der Waals surface area contributed by atoms with Crippen molar-refractivity contribution in [2.24, 2.45) is 0 Å². The number of amides is 1. The Morgan fingerprint density at radius 2 is 2.00 bits per heavy atom. The molecule has 0 aromatic carbocycles. The normalized spacial score (nSPS) is 14.9. The lowest BCUT2D eigenvalue weighted by molar-refractivity contribution is 0.0253. The van der Waals surface area contributed by atoms with Crippen LogP contribution >= 0.6 is 0 Å². The van der Waals surface area contributed by atoms with E-state index in [0.29, 0.717) is 11.6 Å². The number of rotatable bonds is 5. The summed E-state index contributed by atoms with van der Waals surface area (Å²) in [5.41, 5.74) is 1.92. The first kappa shape index (κ1) is 14.7. The lowest BCUT2D eigenvalue weighted by Gasteiger charge is -2.45. The quantitative estimate of drug-likeness (QED) is 0.844. The first-order chi connectivity index (χ1) is 10.8. The van der Waals surface area contributed by atoms with Gasteiger partial charge < -0.3 is 4.90 Å². The highest BCUT2D eigenvalue weighted by Crippen LogP contribution is 2.19. The van der Waals surface area contributed by atoms with Gasteiger partial charge in [-0.1, -0.05) is 6.92 Å². The van der Waals surface area contributed by atoms with Gasteiger partial charge in [0.15, 0.2) is 0 Å². The second-order valence-electron chi connectivity index (χ2n) is 5.52. The van der Waals surface area contributed by atoms with Gasteiger partial charge in [0.25, 0.3) is 5.91 Å². The molecule has 0 N–H and O–H groups in total. The van der Waals surface area contributed by atoms with Crippen LogP contribution in [0, 0.1) is 0 Å². The number of hydrogen-bond donors (Lipinski definition) is 0. The maximum Gasteiger partial charge on any atom is 0.255 e. The van der Waals surface area contributed by atoms with Crippen molar-refractivity contribution in [2.45, 2.75) is 19.5 Å². The highest BCUT2D eigenvalue weighted by atomic mass is 16.2. The summed E-state index contributed by atoms with van der Waals surface area (Å²) in [7, 11) is 0. The monoisotopic (exact) mass is 296 g/mol. The van der Waals surface area contributed by atoms with E-state index in [1.54, 1.807) is 18.5 Å². The van der Waals surface area contributed by atoms with Crippen molar-refractivity contribution in [1.29, 1.82) is 0 Å². The topological polar surface area (TPSA) is 49.3 Å². The van der Waals surface area contributed by atoms with Crippen LogP contribution < -0.4 is 0 Å². The van der Waals surface area contributed by atoms with Crippen LogP contribution in [0.4, 0.5) is 0 Å². The molecule has 0 radical (unpaired) electrons. The van der Waals surface area contributed by atoms with Crippen molar-refractivity contribution in [2.75, 3.05) is 19.6 Å². The molecule has 0 spiro atoms. The number of hydrogen-bond acceptors (Lipinski definition) is 4. The van der Waals surface area contributed by atoms with Crippen LogP contribution in [0.25, 0.3) is 0 Å². The Kier molecular flexibility index (Phi) is 4.44. The Hall–Kier alpha value is -2.27. The van der Waals surface area contributed by atoms with E-state index >= 15 is 0 Å². The molecule has 114 valence electrons. The number of carbonyl (C=O) groups is 1. The number of nitrogens with zero attached hydrogens (tertiary/aromatic N) is 4. The van der Waals surface area contributed by atoms with Crippen molar-refractivity contribution >= 4 is 5.91 Å². The van der Waals surface area contributed by atoms with E-state index in [-0.39, 0.29) is 5.91 Å². The Bertz CT molecular complexity index is 611. The van der Waals surface area contributed by atoms with Gasteiger partial charge in [0.05, 0.1) is 5.56 Å². The molecule has 1 aliphatic rings. The Balaban J connectivity index is 1.56. The fourth-order valence-corrected chi connectivity index (χ4v) is 2.75. The van der Waals surface area contributed by atoms with Crippen LogP contribution in [0.3, 0.4) is 0 Å². The lowest BCUT2D eigenvalue weighted by atomic mass is 10.0. The molecule has 2 aromatic heterocycles. The van der Waals surface area contributed by atoms with E-state index in [2.05, 4.69) is 21.8 Å². The maximum absolute atomic E-state index is 12.3. The minimum Gasteiger partial charge on any atom is -0.335 e. The van der Waals surface area contributed by atoms with E-state index in [1.165, 1.54) is 5.56 Å². The van der Waals surface area contributed by atoms with E-state index < -0.39 is 0 Å². The molecule has 1 amide bonds. The van der Waals surface area contributed by atoms with Gasteiger partial charge in [0.1, 0.15) is 0 Å².